The molecule has 0 unspecified atom stereocenters. The van der Waals surface area contributed by atoms with Crippen LogP contribution in [0.15, 0.2) is 48.5 Å². The highest BCUT2D eigenvalue weighted by Gasteiger charge is 2.48. The molecular formula is C25H27N3O3. The molecule has 1 N–H and O–H groups in total. The molecule has 0 bridgehead atoms. The molecule has 31 heavy (non-hydrogen) atoms. The van der Waals surface area contributed by atoms with Gasteiger partial charge in [0.15, 0.2) is 0 Å². The molecular weight excluding hydrogens is 390 g/mol. The number of piperazine rings is 1. The highest BCUT2D eigenvalue weighted by molar-refractivity contribution is 5.97. The summed E-state index contributed by atoms with van der Waals surface area (Å²) in [6, 6.07) is 15.2. The predicted molar refractivity (Wildman–Crippen MR) is 119 cm³/mol. The first-order chi connectivity index (χ1) is 15.0. The summed E-state index contributed by atoms with van der Waals surface area (Å²) in [5, 5.41) is 1.12. The second kappa shape index (κ2) is 7.45. The molecule has 6 nitrogen and oxygen atoms in total. The van der Waals surface area contributed by atoms with Gasteiger partial charge in [-0.25, -0.2) is 0 Å². The summed E-state index contributed by atoms with van der Waals surface area (Å²) in [6.07, 6.45) is 1.36. The fourth-order valence-corrected chi connectivity index (χ4v) is 5.01. The Bertz CT molecular complexity index is 1150. The smallest absolute Gasteiger partial charge is 0.246 e. The van der Waals surface area contributed by atoms with Crippen LogP contribution in [0.3, 0.4) is 0 Å². The van der Waals surface area contributed by atoms with Crippen LogP contribution < -0.4 is 4.74 Å². The van der Waals surface area contributed by atoms with Gasteiger partial charge < -0.3 is 19.5 Å². The van der Waals surface area contributed by atoms with Gasteiger partial charge in [-0.1, -0.05) is 37.3 Å². The molecule has 3 aromatic rings. The number of hydrogen-bond donors (Lipinski definition) is 1. The largest absolute Gasteiger partial charge is 0.497 e. The molecule has 1 saturated heterocycles. The summed E-state index contributed by atoms with van der Waals surface area (Å²) in [5.74, 6) is 0.801. The van der Waals surface area contributed by atoms with E-state index in [9.17, 15) is 9.59 Å². The SMILES string of the molecule is CC[C@@H](C)N1CC(=O)N2[C@H](c3ccc(OC)cc3)c3[nH]c4ccccc4c3C[C@H]2C1=O. The average molecular weight is 418 g/mol. The summed E-state index contributed by atoms with van der Waals surface area (Å²) in [5.41, 5.74) is 4.13. The molecule has 1 aromatic heterocycles. The van der Waals surface area contributed by atoms with E-state index in [4.69, 9.17) is 4.74 Å². The Hall–Kier alpha value is -3.28. The lowest BCUT2D eigenvalue weighted by Gasteiger charge is -2.48. The van der Waals surface area contributed by atoms with Crippen molar-refractivity contribution in [3.05, 3.63) is 65.4 Å². The number of methoxy groups -OCH3 is 1. The summed E-state index contributed by atoms with van der Waals surface area (Å²) in [7, 11) is 1.64. The van der Waals surface area contributed by atoms with Gasteiger partial charge >= 0.3 is 0 Å². The minimum Gasteiger partial charge on any atom is -0.497 e. The zero-order valence-corrected chi connectivity index (χ0v) is 18.1. The van der Waals surface area contributed by atoms with Gasteiger partial charge in [0.25, 0.3) is 0 Å². The van der Waals surface area contributed by atoms with Crippen LogP contribution in [0.5, 0.6) is 5.75 Å². The third-order valence-corrected chi connectivity index (χ3v) is 6.85. The van der Waals surface area contributed by atoms with E-state index in [1.165, 1.54) is 0 Å². The summed E-state index contributed by atoms with van der Waals surface area (Å²) in [4.78, 5) is 34.1. The minimum absolute atomic E-state index is 0.00461. The van der Waals surface area contributed by atoms with Crippen molar-refractivity contribution in [3.8, 4) is 5.75 Å². The number of benzene rings is 2. The first kappa shape index (κ1) is 19.7. The maximum absolute atomic E-state index is 13.6. The van der Waals surface area contributed by atoms with Gasteiger partial charge in [0.1, 0.15) is 18.3 Å². The topological polar surface area (TPSA) is 65.6 Å². The number of ether oxygens (including phenoxy) is 1. The van der Waals surface area contributed by atoms with E-state index in [0.717, 1.165) is 39.9 Å². The van der Waals surface area contributed by atoms with E-state index < -0.39 is 6.04 Å². The normalized spacial score (nSPS) is 21.8. The first-order valence-corrected chi connectivity index (χ1v) is 10.9. The lowest BCUT2D eigenvalue weighted by atomic mass is 9.86. The third kappa shape index (κ3) is 3.00. The van der Waals surface area contributed by atoms with Crippen molar-refractivity contribution in [2.75, 3.05) is 13.7 Å². The highest BCUT2D eigenvalue weighted by Crippen LogP contribution is 2.43. The van der Waals surface area contributed by atoms with Crippen LogP contribution in [0.4, 0.5) is 0 Å². The van der Waals surface area contributed by atoms with Gasteiger partial charge in [0.2, 0.25) is 11.8 Å². The van der Waals surface area contributed by atoms with Crippen molar-refractivity contribution in [1.29, 1.82) is 0 Å². The number of nitrogens with one attached hydrogen (secondary N) is 1. The molecule has 3 heterocycles. The van der Waals surface area contributed by atoms with Crippen LogP contribution in [0.2, 0.25) is 0 Å². The number of H-pyrrole nitrogens is 1. The lowest BCUT2D eigenvalue weighted by molar-refractivity contribution is -0.160. The van der Waals surface area contributed by atoms with Crippen molar-refractivity contribution in [3.63, 3.8) is 0 Å². The molecule has 2 aliphatic heterocycles. The monoisotopic (exact) mass is 417 g/mol. The second-order valence-electron chi connectivity index (χ2n) is 8.48. The fraction of sp³-hybridized carbons (Fsp3) is 0.360. The van der Waals surface area contributed by atoms with E-state index in [2.05, 4.69) is 11.1 Å². The van der Waals surface area contributed by atoms with Crippen molar-refractivity contribution in [2.45, 2.75) is 44.8 Å². The van der Waals surface area contributed by atoms with Gasteiger partial charge in [-0.3, -0.25) is 9.59 Å². The van der Waals surface area contributed by atoms with Crippen molar-refractivity contribution in [2.24, 2.45) is 0 Å². The van der Waals surface area contributed by atoms with Crippen LogP contribution >= 0.6 is 0 Å². The maximum Gasteiger partial charge on any atom is 0.246 e. The molecule has 0 aliphatic carbocycles. The van der Waals surface area contributed by atoms with E-state index in [0.29, 0.717) is 6.42 Å². The molecule has 0 spiro atoms. The summed E-state index contributed by atoms with van der Waals surface area (Å²) < 4.78 is 5.32. The van der Waals surface area contributed by atoms with E-state index in [-0.39, 0.29) is 30.4 Å². The van der Waals surface area contributed by atoms with Gasteiger partial charge in [-0.05, 0) is 42.7 Å². The molecule has 5 rings (SSSR count). The highest BCUT2D eigenvalue weighted by atomic mass is 16.5. The molecule has 1 fully saturated rings. The standard InChI is InChI=1S/C25H27N3O3/c1-4-15(2)27-14-22(29)28-21(25(27)30)13-19-18-7-5-6-8-20(18)26-23(19)24(28)16-9-11-17(31-3)12-10-16/h5-12,15,21,24,26H,4,13-14H2,1-3H3/t15-,21+,24-/m1/s1. The quantitative estimate of drug-likeness (QED) is 0.705. The number of rotatable bonds is 4. The minimum atomic E-state index is -0.492. The van der Waals surface area contributed by atoms with Crippen LogP contribution in [-0.2, 0) is 16.0 Å². The van der Waals surface area contributed by atoms with Crippen LogP contribution in [0, 0.1) is 0 Å². The van der Waals surface area contributed by atoms with Crippen molar-refractivity contribution in [1.82, 2.24) is 14.8 Å². The van der Waals surface area contributed by atoms with Gasteiger partial charge in [-0.2, -0.15) is 0 Å². The lowest BCUT2D eigenvalue weighted by Crippen LogP contribution is -2.64. The molecule has 0 saturated carbocycles. The summed E-state index contributed by atoms with van der Waals surface area (Å²) in [6.45, 7) is 4.20. The predicted octanol–water partition coefficient (Wildman–Crippen LogP) is 3.66. The molecule has 6 heteroatoms. The van der Waals surface area contributed by atoms with E-state index in [1.807, 2.05) is 56.3 Å². The Morgan fingerprint density at radius 2 is 1.87 bits per heavy atom. The number of aromatic amines is 1. The Morgan fingerprint density at radius 1 is 1.13 bits per heavy atom. The average Bonchev–Trinajstić information content (AvgIpc) is 3.18. The van der Waals surface area contributed by atoms with Crippen LogP contribution in [0.25, 0.3) is 10.9 Å². The molecule has 3 atom stereocenters. The van der Waals surface area contributed by atoms with Gasteiger partial charge in [-0.15, -0.1) is 0 Å². The van der Waals surface area contributed by atoms with Gasteiger partial charge in [0, 0.05) is 29.1 Å². The number of hydrogen-bond acceptors (Lipinski definition) is 3. The third-order valence-electron chi connectivity index (χ3n) is 6.85. The van der Waals surface area contributed by atoms with E-state index >= 15 is 0 Å². The number of aromatic nitrogens is 1. The van der Waals surface area contributed by atoms with Crippen molar-refractivity contribution < 1.29 is 14.3 Å². The Labute approximate surface area is 181 Å². The number of nitrogens with zero attached hydrogens (tertiary/aromatic N) is 2. The molecule has 2 aliphatic rings. The molecule has 160 valence electrons. The Morgan fingerprint density at radius 3 is 2.58 bits per heavy atom. The number of carbonyl (C=O) groups is 2. The zero-order valence-electron chi connectivity index (χ0n) is 18.1. The zero-order chi connectivity index (χ0) is 21.7. The number of para-hydroxylation sites is 1. The van der Waals surface area contributed by atoms with E-state index in [1.54, 1.807) is 16.9 Å². The number of amides is 2. The molecule has 0 radical (unpaired) electrons. The number of carbonyl (C=O) groups excluding carboxylic acids is 2. The van der Waals surface area contributed by atoms with Crippen molar-refractivity contribution >= 4 is 22.7 Å². The summed E-state index contributed by atoms with van der Waals surface area (Å²) >= 11 is 0. The Kier molecular flexibility index (Phi) is 4.73. The fourth-order valence-electron chi connectivity index (χ4n) is 5.01. The Balaban J connectivity index is 1.68. The van der Waals surface area contributed by atoms with Crippen LogP contribution in [-0.4, -0.2) is 52.3 Å². The number of fused-ring (bicyclic) bond motifs is 4. The molecule has 2 aromatic carbocycles. The van der Waals surface area contributed by atoms with Crippen LogP contribution in [0.1, 0.15) is 43.1 Å². The maximum atomic E-state index is 13.6. The van der Waals surface area contributed by atoms with Gasteiger partial charge in [0.05, 0.1) is 13.2 Å². The molecule has 2 amide bonds. The first-order valence-electron chi connectivity index (χ1n) is 10.9. The second-order valence-corrected chi connectivity index (χ2v) is 8.48.